The number of hydrogen-bond donors (Lipinski definition) is 2. The van der Waals surface area contributed by atoms with Crippen LogP contribution in [0.25, 0.3) is 11.0 Å². The summed E-state index contributed by atoms with van der Waals surface area (Å²) < 4.78 is 45.9. The number of pyridine rings is 1. The molecule has 18 nitrogen and oxygen atoms in total. The summed E-state index contributed by atoms with van der Waals surface area (Å²) in [6.45, 7) is 10.3. The summed E-state index contributed by atoms with van der Waals surface area (Å²) in [7, 11) is -1.02. The van der Waals surface area contributed by atoms with Crippen molar-refractivity contribution in [1.29, 1.82) is 0 Å². The van der Waals surface area contributed by atoms with Crippen LogP contribution in [0.2, 0.25) is 0 Å². The van der Waals surface area contributed by atoms with Crippen molar-refractivity contribution in [3.8, 4) is 17.2 Å². The van der Waals surface area contributed by atoms with E-state index in [1.807, 2.05) is 24.1 Å². The third-order valence-electron chi connectivity index (χ3n) is 16.8. The van der Waals surface area contributed by atoms with Gasteiger partial charge < -0.3 is 29.1 Å². The SMILES string of the molecule is CCCOc1cccc(Oc2cc3c(cc2NS(=O)(=O)c2cccc(C(=O)N4CCC(C(=O)N5CCC(CC6CCN(CC7CCN(c8cncc(C9CCC(=O)NC9=O)c8)CC7)CC6)CC5)CC4)c2)n(C)c(=O)n3C)c1. The summed E-state index contributed by atoms with van der Waals surface area (Å²) in [5.74, 6) is 2.18. The number of piperidine rings is 5. The van der Waals surface area contributed by atoms with Gasteiger partial charge in [0.2, 0.25) is 17.7 Å². The number of amides is 4. The molecule has 0 saturated carbocycles. The molecule has 0 bridgehead atoms. The van der Waals surface area contributed by atoms with Gasteiger partial charge in [0.25, 0.3) is 15.9 Å². The number of rotatable bonds is 16. The maximum atomic E-state index is 14.1. The van der Waals surface area contributed by atoms with Crippen LogP contribution in [-0.2, 0) is 38.5 Å². The molecule has 5 aliphatic heterocycles. The Kier molecular flexibility index (Phi) is 16.4. The van der Waals surface area contributed by atoms with Crippen molar-refractivity contribution in [1.82, 2.24) is 34.1 Å². The zero-order chi connectivity index (χ0) is 53.8. The molecule has 5 fully saturated rings. The van der Waals surface area contributed by atoms with E-state index in [-0.39, 0.29) is 63.1 Å². The van der Waals surface area contributed by atoms with Crippen molar-refractivity contribution >= 4 is 56.1 Å². The minimum atomic E-state index is -4.27. The lowest BCUT2D eigenvalue weighted by atomic mass is 9.82. The summed E-state index contributed by atoms with van der Waals surface area (Å²) in [6, 6.07) is 18.3. The van der Waals surface area contributed by atoms with E-state index in [0.29, 0.717) is 79.7 Å². The molecule has 19 heteroatoms. The van der Waals surface area contributed by atoms with Gasteiger partial charge in [-0.15, -0.1) is 0 Å². The Morgan fingerprint density at radius 1 is 0.727 bits per heavy atom. The molecule has 5 aromatic rings. The Morgan fingerprint density at radius 2 is 1.39 bits per heavy atom. The number of imide groups is 1. The molecule has 410 valence electrons. The van der Waals surface area contributed by atoms with Gasteiger partial charge >= 0.3 is 5.69 Å². The van der Waals surface area contributed by atoms with Gasteiger partial charge in [-0.25, -0.2) is 13.2 Å². The Balaban J connectivity index is 0.661. The van der Waals surface area contributed by atoms with Crippen molar-refractivity contribution in [2.24, 2.45) is 37.8 Å². The Labute approximate surface area is 451 Å². The van der Waals surface area contributed by atoms with Gasteiger partial charge in [0.1, 0.15) is 11.5 Å². The summed E-state index contributed by atoms with van der Waals surface area (Å²) in [4.78, 5) is 78.0. The molecule has 77 heavy (non-hydrogen) atoms. The fourth-order valence-corrected chi connectivity index (χ4v) is 13.4. The quantitative estimate of drug-likeness (QED) is 0.0939. The number of aromatic nitrogens is 3. The third-order valence-corrected chi connectivity index (χ3v) is 18.2. The number of carbonyl (C=O) groups excluding carboxylic acids is 4. The first-order chi connectivity index (χ1) is 37.2. The zero-order valence-electron chi connectivity index (χ0n) is 44.7. The lowest BCUT2D eigenvalue weighted by molar-refractivity contribution is -0.138. The van der Waals surface area contributed by atoms with E-state index in [9.17, 15) is 32.4 Å². The highest BCUT2D eigenvalue weighted by Gasteiger charge is 2.35. The molecule has 3 aromatic carbocycles. The lowest BCUT2D eigenvalue weighted by Crippen LogP contribution is -2.47. The molecule has 7 heterocycles. The standard InChI is InChI=1S/C58H73N9O9S/c1-4-29-75-46-8-6-9-47(33-46)76-53-35-52-51(62(2)58(72)63(52)3)34-50(53)61-77(73,74)48-10-5-7-43(32-48)57(71)67-27-19-42(20-28-67)56(70)66-25-15-40(16-26-66)30-39-13-21-64(22-14-39)38-41-17-23-65(24-18-41)45-31-44(36-59-37-45)49-11-12-54(68)60-55(49)69/h5-10,31-37,39-42,49,61H,4,11-30,38H2,1-3H3,(H,60,68,69). The van der Waals surface area contributed by atoms with E-state index in [1.54, 1.807) is 67.7 Å². The van der Waals surface area contributed by atoms with Crippen molar-refractivity contribution in [2.45, 2.75) is 94.8 Å². The molecule has 5 aliphatic rings. The topological polar surface area (TPSA) is 198 Å². The number of fused-ring (bicyclic) bond motifs is 1. The Hall–Kier alpha value is -6.73. The molecule has 1 atom stereocenters. The summed E-state index contributed by atoms with van der Waals surface area (Å²) in [5.41, 5.74) is 3.04. The van der Waals surface area contributed by atoms with E-state index >= 15 is 0 Å². The number of nitrogens with one attached hydrogen (secondary N) is 2. The highest BCUT2D eigenvalue weighted by molar-refractivity contribution is 7.92. The first kappa shape index (κ1) is 53.7. The molecule has 4 amide bonds. The fraction of sp³-hybridized carbons (Fsp3) is 0.517. The second-order valence-electron chi connectivity index (χ2n) is 22.0. The molecular weight excluding hydrogens is 999 g/mol. The van der Waals surface area contributed by atoms with Gasteiger partial charge in [0, 0.05) is 96.1 Å². The second-order valence-corrected chi connectivity index (χ2v) is 23.7. The predicted molar refractivity (Wildman–Crippen MR) is 294 cm³/mol. The van der Waals surface area contributed by atoms with E-state index in [2.05, 4.69) is 30.9 Å². The predicted octanol–water partition coefficient (Wildman–Crippen LogP) is 7.28. The van der Waals surface area contributed by atoms with Gasteiger partial charge in [-0.1, -0.05) is 19.1 Å². The molecule has 1 unspecified atom stereocenters. The number of anilines is 2. The molecule has 5 saturated heterocycles. The van der Waals surface area contributed by atoms with E-state index in [0.717, 1.165) is 95.1 Å². The van der Waals surface area contributed by atoms with Crippen LogP contribution in [0.4, 0.5) is 11.4 Å². The van der Waals surface area contributed by atoms with E-state index < -0.39 is 10.0 Å². The first-order valence-corrected chi connectivity index (χ1v) is 29.2. The van der Waals surface area contributed by atoms with Crippen LogP contribution in [0, 0.1) is 23.7 Å². The normalized spacial score (nSPS) is 19.9. The molecule has 0 spiro atoms. The number of likely N-dealkylation sites (tertiary alicyclic amines) is 3. The average molecular weight is 1070 g/mol. The summed E-state index contributed by atoms with van der Waals surface area (Å²) >= 11 is 0. The summed E-state index contributed by atoms with van der Waals surface area (Å²) in [6.07, 6.45) is 14.5. The van der Waals surface area contributed by atoms with E-state index in [1.165, 1.54) is 40.5 Å². The van der Waals surface area contributed by atoms with E-state index in [4.69, 9.17) is 9.47 Å². The van der Waals surface area contributed by atoms with Crippen LogP contribution < -0.4 is 30.1 Å². The number of sulfonamides is 1. The minimum Gasteiger partial charge on any atom is -0.493 e. The number of benzene rings is 3. The fourth-order valence-electron chi connectivity index (χ4n) is 12.3. The van der Waals surface area contributed by atoms with Gasteiger partial charge in [-0.05, 0) is 150 Å². The highest BCUT2D eigenvalue weighted by atomic mass is 32.2. The third kappa shape index (κ3) is 12.4. The number of imidazole rings is 1. The van der Waals surface area contributed by atoms with Crippen molar-refractivity contribution in [3.63, 3.8) is 0 Å². The maximum Gasteiger partial charge on any atom is 0.328 e. The van der Waals surface area contributed by atoms with Crippen LogP contribution >= 0.6 is 0 Å². The number of carbonyl (C=O) groups is 4. The molecule has 2 aromatic heterocycles. The minimum absolute atomic E-state index is 0.109. The highest BCUT2D eigenvalue weighted by Crippen LogP contribution is 2.38. The first-order valence-electron chi connectivity index (χ1n) is 27.8. The van der Waals surface area contributed by atoms with Crippen LogP contribution in [0.3, 0.4) is 0 Å². The molecule has 0 radical (unpaired) electrons. The number of hydrogen-bond acceptors (Lipinski definition) is 12. The largest absolute Gasteiger partial charge is 0.493 e. The van der Waals surface area contributed by atoms with Gasteiger partial charge in [-0.3, -0.25) is 43.3 Å². The van der Waals surface area contributed by atoms with Crippen LogP contribution in [0.1, 0.15) is 106 Å². The Morgan fingerprint density at radius 3 is 2.10 bits per heavy atom. The molecule has 0 aliphatic carbocycles. The van der Waals surface area contributed by atoms with Crippen molar-refractivity contribution < 1.29 is 37.1 Å². The van der Waals surface area contributed by atoms with Crippen LogP contribution in [-0.4, -0.2) is 126 Å². The lowest BCUT2D eigenvalue weighted by Gasteiger charge is -2.40. The van der Waals surface area contributed by atoms with Gasteiger partial charge in [-0.2, -0.15) is 0 Å². The molecule has 2 N–H and O–H groups in total. The monoisotopic (exact) mass is 1070 g/mol. The van der Waals surface area contributed by atoms with Crippen LogP contribution in [0.15, 0.2) is 88.8 Å². The smallest absolute Gasteiger partial charge is 0.328 e. The number of nitrogens with zero attached hydrogens (tertiary/aromatic N) is 7. The molecule has 10 rings (SSSR count). The van der Waals surface area contributed by atoms with Crippen molar-refractivity contribution in [2.75, 3.05) is 75.1 Å². The second kappa shape index (κ2) is 23.5. The summed E-state index contributed by atoms with van der Waals surface area (Å²) in [5, 5.41) is 2.47. The van der Waals surface area contributed by atoms with Gasteiger partial charge in [0.15, 0.2) is 5.75 Å². The zero-order valence-corrected chi connectivity index (χ0v) is 45.5. The average Bonchev–Trinajstić information content (AvgIpc) is 3.69. The van der Waals surface area contributed by atoms with Crippen LogP contribution in [0.5, 0.6) is 17.2 Å². The van der Waals surface area contributed by atoms with Crippen molar-refractivity contribution in [3.05, 3.63) is 101 Å². The Bertz CT molecular complexity index is 3140. The molecular formula is C58H73N9O9S. The number of aryl methyl sites for hydroxylation is 2. The van der Waals surface area contributed by atoms with Gasteiger partial charge in [0.05, 0.1) is 46.0 Å². The number of ether oxygens (including phenoxy) is 2. The maximum absolute atomic E-state index is 14.1.